The van der Waals surface area contributed by atoms with Crippen LogP contribution >= 0.6 is 20.5 Å². The largest absolute Gasteiger partial charge is 0.460 e. The Bertz CT molecular complexity index is 1450. The summed E-state index contributed by atoms with van der Waals surface area (Å²) in [5.74, 6) is 2.10. The van der Waals surface area contributed by atoms with E-state index in [9.17, 15) is 4.79 Å². The summed E-state index contributed by atoms with van der Waals surface area (Å²) in [4.78, 5) is 27.6. The first-order chi connectivity index (χ1) is 23.7. The van der Waals surface area contributed by atoms with Crippen LogP contribution in [0.1, 0.15) is 67.2 Å². The standard InChI is InChI=1S/C32H47N8O5PS.C2H6/c1-7-12-21(3)23(8-2)18-42-30(41)32(15-16-32)37-46(45-24-13-10-9-11-14-24)43-19-25-17-22(4)29(44-25)40-20-34-26-27(39(5)38-47-6)35-31(33)36-28(26)40;1-2/h7,9-14,22,25,29,34,37-38H,8,15-20H2,1-6H3,(H2,33,35,36);1-2H3/b12-7-,23-21+;. The van der Waals surface area contributed by atoms with Crippen molar-refractivity contribution >= 4 is 49.7 Å². The maximum atomic E-state index is 13.3. The number of rotatable bonds is 16. The van der Waals surface area contributed by atoms with Crippen molar-refractivity contribution in [2.45, 2.75) is 85.1 Å². The van der Waals surface area contributed by atoms with Gasteiger partial charge in [0.05, 0.1) is 19.4 Å². The lowest BCUT2D eigenvalue weighted by molar-refractivity contribution is -0.146. The molecule has 270 valence electrons. The molecular formula is C34H53N8O5PS. The quantitative estimate of drug-likeness (QED) is 0.0490. The topological polar surface area (TPSA) is 148 Å². The Balaban J connectivity index is 0.00000265. The van der Waals surface area contributed by atoms with Crippen molar-refractivity contribution in [3.05, 3.63) is 53.6 Å². The van der Waals surface area contributed by atoms with Crippen molar-refractivity contribution < 1.29 is 23.3 Å². The highest BCUT2D eigenvalue weighted by atomic mass is 32.2. The first-order valence-corrected chi connectivity index (χ1v) is 19.4. The molecule has 4 atom stereocenters. The van der Waals surface area contributed by atoms with Gasteiger partial charge < -0.3 is 34.5 Å². The molecular weight excluding hydrogens is 663 g/mol. The first kappa shape index (κ1) is 38.7. The number of hydrogen-bond donors (Lipinski definition) is 4. The van der Waals surface area contributed by atoms with E-state index < -0.39 is 14.1 Å². The summed E-state index contributed by atoms with van der Waals surface area (Å²) in [6.07, 6.45) is 8.42. The van der Waals surface area contributed by atoms with E-state index in [1.807, 2.05) is 88.5 Å². The summed E-state index contributed by atoms with van der Waals surface area (Å²) in [6, 6.07) is 9.48. The van der Waals surface area contributed by atoms with Crippen molar-refractivity contribution in [1.29, 1.82) is 0 Å². The van der Waals surface area contributed by atoms with Gasteiger partial charge in [0.15, 0.2) is 11.6 Å². The molecule has 0 spiro atoms. The van der Waals surface area contributed by atoms with E-state index in [-0.39, 0.29) is 43.4 Å². The molecule has 5 rings (SSSR count). The Morgan fingerprint density at radius 3 is 2.67 bits per heavy atom. The number of nitrogens with one attached hydrogen (secondary N) is 3. The minimum atomic E-state index is -1.69. The Hall–Kier alpha value is -3.13. The van der Waals surface area contributed by atoms with Gasteiger partial charge in [-0.15, -0.1) is 0 Å². The molecule has 0 radical (unpaired) electrons. The average Bonchev–Trinajstić information content (AvgIpc) is 3.62. The predicted molar refractivity (Wildman–Crippen MR) is 200 cm³/mol. The molecule has 1 aromatic heterocycles. The van der Waals surface area contributed by atoms with Crippen LogP contribution < -0.4 is 35.4 Å². The number of hydrogen-bond acceptors (Lipinski definition) is 14. The molecule has 13 nitrogen and oxygen atoms in total. The molecule has 49 heavy (non-hydrogen) atoms. The first-order valence-electron chi connectivity index (χ1n) is 17.0. The second kappa shape index (κ2) is 18.2. The van der Waals surface area contributed by atoms with Crippen LogP contribution in [0, 0.1) is 5.92 Å². The van der Waals surface area contributed by atoms with E-state index in [4.69, 9.17) is 24.3 Å². The summed E-state index contributed by atoms with van der Waals surface area (Å²) in [7, 11) is 0.190. The molecule has 1 saturated carbocycles. The number of allylic oxidation sites excluding steroid dienone is 3. The van der Waals surface area contributed by atoms with Gasteiger partial charge in [0.2, 0.25) is 5.95 Å². The average molecular weight is 717 g/mol. The summed E-state index contributed by atoms with van der Waals surface area (Å²) in [5, 5.41) is 8.62. The molecule has 2 aliphatic heterocycles. The molecule has 3 heterocycles. The second-order valence-electron chi connectivity index (χ2n) is 12.0. The SMILES string of the molecule is C/C=C\C(C)=C(/CC)COC(=O)C1(NP(OCC2CC(C)C(N3CNc4c(N(C)NSC)nc(N)nc43)O2)Oc2ccccc2)CC1.CC. The third kappa shape index (κ3) is 9.77. The van der Waals surface area contributed by atoms with Gasteiger partial charge in [0, 0.05) is 13.0 Å². The Morgan fingerprint density at radius 1 is 1.29 bits per heavy atom. The van der Waals surface area contributed by atoms with Crippen LogP contribution in [0.25, 0.3) is 0 Å². The molecule has 1 aliphatic carbocycles. The zero-order valence-corrected chi connectivity index (χ0v) is 31.7. The van der Waals surface area contributed by atoms with Gasteiger partial charge in [0.1, 0.15) is 29.8 Å². The van der Waals surface area contributed by atoms with Crippen LogP contribution in [0.4, 0.5) is 23.3 Å². The van der Waals surface area contributed by atoms with Gasteiger partial charge in [-0.25, -0.2) is 5.09 Å². The van der Waals surface area contributed by atoms with Crippen molar-refractivity contribution in [2.75, 3.05) is 54.1 Å². The normalized spacial score (nSPS) is 21.6. The van der Waals surface area contributed by atoms with E-state index in [1.165, 1.54) is 11.9 Å². The number of carbonyl (C=O) groups excluding carboxylic acids is 1. The molecule has 2 fully saturated rings. The summed E-state index contributed by atoms with van der Waals surface area (Å²) < 4.78 is 25.0. The number of benzene rings is 1. The second-order valence-corrected chi connectivity index (χ2v) is 13.8. The highest BCUT2D eigenvalue weighted by Gasteiger charge is 2.54. The van der Waals surface area contributed by atoms with Crippen LogP contribution in [0.2, 0.25) is 0 Å². The van der Waals surface area contributed by atoms with Crippen LogP contribution in [0.3, 0.4) is 0 Å². The zero-order chi connectivity index (χ0) is 35.6. The van der Waals surface area contributed by atoms with Crippen molar-refractivity contribution in [3.8, 4) is 5.75 Å². The number of nitrogens with zero attached hydrogens (tertiary/aromatic N) is 4. The van der Waals surface area contributed by atoms with Crippen LogP contribution in [-0.4, -0.2) is 67.0 Å². The lowest BCUT2D eigenvalue weighted by atomic mass is 10.1. The number of nitrogen functional groups attached to an aromatic ring is 1. The third-order valence-corrected chi connectivity index (χ3v) is 10.3. The Kier molecular flexibility index (Phi) is 14.4. The predicted octanol–water partition coefficient (Wildman–Crippen LogP) is 6.53. The number of ether oxygens (including phenoxy) is 2. The summed E-state index contributed by atoms with van der Waals surface area (Å²) in [5.41, 5.74) is 8.30. The van der Waals surface area contributed by atoms with E-state index in [0.717, 1.165) is 29.7 Å². The molecule has 3 aliphatic rings. The molecule has 0 amide bonds. The minimum Gasteiger partial charge on any atom is -0.460 e. The van der Waals surface area contributed by atoms with Gasteiger partial charge in [-0.2, -0.15) is 14.8 Å². The van der Waals surface area contributed by atoms with Gasteiger partial charge in [-0.1, -0.05) is 70.0 Å². The third-order valence-electron chi connectivity index (χ3n) is 8.43. The van der Waals surface area contributed by atoms with E-state index in [0.29, 0.717) is 36.9 Å². The van der Waals surface area contributed by atoms with Gasteiger partial charge in [-0.3, -0.25) is 9.80 Å². The highest BCUT2D eigenvalue weighted by Crippen LogP contribution is 2.48. The van der Waals surface area contributed by atoms with Gasteiger partial charge >= 0.3 is 14.5 Å². The van der Waals surface area contributed by atoms with Crippen molar-refractivity contribution in [3.63, 3.8) is 0 Å². The van der Waals surface area contributed by atoms with E-state index in [1.54, 1.807) is 0 Å². The molecule has 5 N–H and O–H groups in total. The van der Waals surface area contributed by atoms with Crippen LogP contribution in [-0.2, 0) is 18.8 Å². The maximum absolute atomic E-state index is 13.3. The van der Waals surface area contributed by atoms with Gasteiger partial charge in [-0.05, 0) is 69.1 Å². The fraction of sp³-hybridized carbons (Fsp3) is 0.559. The summed E-state index contributed by atoms with van der Waals surface area (Å²) >= 11 is 1.46. The molecule has 1 aromatic carbocycles. The fourth-order valence-electron chi connectivity index (χ4n) is 5.72. The minimum absolute atomic E-state index is 0.184. The lowest BCUT2D eigenvalue weighted by Crippen LogP contribution is -2.40. The Morgan fingerprint density at radius 2 is 2.02 bits per heavy atom. The van der Waals surface area contributed by atoms with Crippen LogP contribution in [0.15, 0.2) is 53.6 Å². The van der Waals surface area contributed by atoms with Gasteiger partial charge in [0.25, 0.3) is 0 Å². The number of hydrazine groups is 1. The Labute approximate surface area is 296 Å². The smallest absolute Gasteiger partial charge is 0.327 e. The number of aromatic nitrogens is 2. The molecule has 2 aromatic rings. The number of carbonyl (C=O) groups is 1. The molecule has 15 heteroatoms. The van der Waals surface area contributed by atoms with E-state index >= 15 is 0 Å². The van der Waals surface area contributed by atoms with E-state index in [2.05, 4.69) is 44.0 Å². The maximum Gasteiger partial charge on any atom is 0.327 e. The number of fused-ring (bicyclic) bond motifs is 1. The van der Waals surface area contributed by atoms with Crippen molar-refractivity contribution in [2.24, 2.45) is 5.92 Å². The number of para-hydroxylation sites is 1. The highest BCUT2D eigenvalue weighted by molar-refractivity contribution is 7.96. The molecule has 0 bridgehead atoms. The summed E-state index contributed by atoms with van der Waals surface area (Å²) in [6.45, 7) is 13.3. The number of nitrogens with two attached hydrogens (primary N) is 1. The number of esters is 1. The lowest BCUT2D eigenvalue weighted by Gasteiger charge is -2.28. The monoisotopic (exact) mass is 716 g/mol. The molecule has 4 unspecified atom stereocenters. The van der Waals surface area contributed by atoms with Crippen molar-refractivity contribution in [1.82, 2.24) is 19.9 Å². The zero-order valence-electron chi connectivity index (χ0n) is 30.0. The van der Waals surface area contributed by atoms with Crippen LogP contribution in [0.5, 0.6) is 5.75 Å². The fourth-order valence-corrected chi connectivity index (χ4v) is 7.52. The number of anilines is 4. The molecule has 1 saturated heterocycles.